The normalized spacial score (nSPS) is 27.3. The van der Waals surface area contributed by atoms with Gasteiger partial charge >= 0.3 is 0 Å². The molecule has 0 radical (unpaired) electrons. The Bertz CT molecular complexity index is 536. The molecule has 0 fully saturated rings. The predicted molar refractivity (Wildman–Crippen MR) is 82.6 cm³/mol. The molecular formula is C18H23N. The molecule has 1 aromatic rings. The number of rotatable bonds is 1. The number of benzene rings is 1. The average molecular weight is 253 g/mol. The van der Waals surface area contributed by atoms with E-state index in [9.17, 15) is 0 Å². The second-order valence-electron chi connectivity index (χ2n) is 6.53. The van der Waals surface area contributed by atoms with Crippen molar-refractivity contribution >= 4 is 5.69 Å². The van der Waals surface area contributed by atoms with Crippen molar-refractivity contribution in [1.82, 2.24) is 0 Å². The molecule has 3 rings (SSSR count). The maximum Gasteiger partial charge on any atom is 0.0550 e. The number of allylic oxidation sites excluding steroid dienone is 2. The van der Waals surface area contributed by atoms with Gasteiger partial charge in [0.1, 0.15) is 0 Å². The molecule has 1 aromatic carbocycles. The lowest BCUT2D eigenvalue weighted by Gasteiger charge is -2.52. The lowest BCUT2D eigenvalue weighted by Crippen LogP contribution is -2.54. The van der Waals surface area contributed by atoms with Gasteiger partial charge < -0.3 is 4.90 Å². The monoisotopic (exact) mass is 253 g/mol. The number of hydrogen-bond donors (Lipinski definition) is 0. The highest BCUT2D eigenvalue weighted by Crippen LogP contribution is 2.48. The first-order chi connectivity index (χ1) is 9.03. The van der Waals surface area contributed by atoms with Crippen LogP contribution in [0.2, 0.25) is 0 Å². The highest BCUT2D eigenvalue weighted by atomic mass is 15.2. The maximum atomic E-state index is 2.57. The molecule has 2 aliphatic rings. The highest BCUT2D eigenvalue weighted by Gasteiger charge is 2.44. The van der Waals surface area contributed by atoms with Crippen molar-refractivity contribution in [2.75, 3.05) is 4.90 Å². The van der Waals surface area contributed by atoms with Crippen molar-refractivity contribution in [2.45, 2.75) is 45.2 Å². The molecule has 2 unspecified atom stereocenters. The number of anilines is 1. The van der Waals surface area contributed by atoms with E-state index in [-0.39, 0.29) is 5.41 Å². The molecule has 2 atom stereocenters. The third-order valence-corrected chi connectivity index (χ3v) is 4.69. The minimum atomic E-state index is 0.188. The van der Waals surface area contributed by atoms with E-state index in [1.54, 1.807) is 0 Å². The van der Waals surface area contributed by atoms with Gasteiger partial charge in [-0.05, 0) is 25.5 Å². The summed E-state index contributed by atoms with van der Waals surface area (Å²) in [5.74, 6) is 0.551. The molecule has 0 spiro atoms. The Morgan fingerprint density at radius 3 is 2.47 bits per heavy atom. The van der Waals surface area contributed by atoms with E-state index in [4.69, 9.17) is 0 Å². The van der Waals surface area contributed by atoms with E-state index in [0.717, 1.165) is 0 Å². The van der Waals surface area contributed by atoms with Crippen LogP contribution in [0.4, 0.5) is 5.69 Å². The fourth-order valence-electron chi connectivity index (χ4n) is 3.73. The largest absolute Gasteiger partial charge is 0.362 e. The molecule has 0 aromatic heterocycles. The van der Waals surface area contributed by atoms with Crippen molar-refractivity contribution < 1.29 is 0 Å². The molecule has 0 bridgehead atoms. The smallest absolute Gasteiger partial charge is 0.0550 e. The van der Waals surface area contributed by atoms with Crippen LogP contribution >= 0.6 is 0 Å². The molecule has 0 N–H and O–H groups in total. The van der Waals surface area contributed by atoms with Crippen molar-refractivity contribution in [1.29, 1.82) is 0 Å². The van der Waals surface area contributed by atoms with E-state index in [1.165, 1.54) is 11.3 Å². The molecule has 1 aliphatic carbocycles. The molecule has 1 nitrogen and oxygen atoms in total. The molecule has 0 saturated heterocycles. The van der Waals surface area contributed by atoms with Gasteiger partial charge in [0.05, 0.1) is 6.04 Å². The van der Waals surface area contributed by atoms with E-state index in [2.05, 4.69) is 81.2 Å². The van der Waals surface area contributed by atoms with Crippen molar-refractivity contribution in [3.63, 3.8) is 0 Å². The summed E-state index contributed by atoms with van der Waals surface area (Å²) in [6.07, 6.45) is 9.15. The van der Waals surface area contributed by atoms with Gasteiger partial charge in [-0.1, -0.05) is 56.4 Å². The molecular weight excluding hydrogens is 230 g/mol. The summed E-state index contributed by atoms with van der Waals surface area (Å²) in [6.45, 7) is 9.34. The molecule has 0 amide bonds. The molecule has 19 heavy (non-hydrogen) atoms. The lowest BCUT2D eigenvalue weighted by atomic mass is 9.65. The lowest BCUT2D eigenvalue weighted by molar-refractivity contribution is 0.311. The molecule has 1 heteroatoms. The Morgan fingerprint density at radius 2 is 1.74 bits per heavy atom. The second-order valence-corrected chi connectivity index (χ2v) is 6.53. The summed E-state index contributed by atoms with van der Waals surface area (Å²) in [6, 6.07) is 9.90. The van der Waals surface area contributed by atoms with Crippen molar-refractivity contribution in [3.05, 3.63) is 54.1 Å². The standard InChI is InChI=1S/C18H23N/c1-13(2)19-16-11-7-5-9-14(16)18(3,4)15-10-6-8-12-17(15)19/h5-14,16H,1-4H3. The Morgan fingerprint density at radius 1 is 1.05 bits per heavy atom. The van der Waals surface area contributed by atoms with E-state index < -0.39 is 0 Å². The summed E-state index contributed by atoms with van der Waals surface area (Å²) >= 11 is 0. The van der Waals surface area contributed by atoms with Gasteiger partial charge in [0.2, 0.25) is 0 Å². The van der Waals surface area contributed by atoms with E-state index in [0.29, 0.717) is 18.0 Å². The summed E-state index contributed by atoms with van der Waals surface area (Å²) < 4.78 is 0. The first-order valence-electron chi connectivity index (χ1n) is 7.26. The van der Waals surface area contributed by atoms with Gasteiger partial charge in [-0.15, -0.1) is 0 Å². The van der Waals surface area contributed by atoms with Crippen LogP contribution < -0.4 is 4.90 Å². The van der Waals surface area contributed by atoms with Crippen LogP contribution in [0.5, 0.6) is 0 Å². The molecule has 100 valence electrons. The Balaban J connectivity index is 2.22. The Kier molecular flexibility index (Phi) is 2.81. The summed E-state index contributed by atoms with van der Waals surface area (Å²) in [4.78, 5) is 2.57. The van der Waals surface area contributed by atoms with Gasteiger partial charge in [-0.25, -0.2) is 0 Å². The summed E-state index contributed by atoms with van der Waals surface area (Å²) in [5.41, 5.74) is 3.07. The van der Waals surface area contributed by atoms with Crippen LogP contribution in [0, 0.1) is 5.92 Å². The fourth-order valence-corrected chi connectivity index (χ4v) is 3.73. The molecule has 0 saturated carbocycles. The first-order valence-corrected chi connectivity index (χ1v) is 7.26. The van der Waals surface area contributed by atoms with E-state index in [1.807, 2.05) is 0 Å². The third kappa shape index (κ3) is 1.75. The van der Waals surface area contributed by atoms with Crippen LogP contribution in [-0.4, -0.2) is 12.1 Å². The van der Waals surface area contributed by atoms with Gasteiger partial charge in [0.25, 0.3) is 0 Å². The zero-order valence-electron chi connectivity index (χ0n) is 12.3. The van der Waals surface area contributed by atoms with Crippen LogP contribution in [0.25, 0.3) is 0 Å². The van der Waals surface area contributed by atoms with Gasteiger partial charge in [0.15, 0.2) is 0 Å². The average Bonchev–Trinajstić information content (AvgIpc) is 2.39. The number of nitrogens with zero attached hydrogens (tertiary/aromatic N) is 1. The van der Waals surface area contributed by atoms with E-state index >= 15 is 0 Å². The number of fused-ring (bicyclic) bond motifs is 2. The first kappa shape index (κ1) is 12.5. The van der Waals surface area contributed by atoms with Crippen molar-refractivity contribution in [3.8, 4) is 0 Å². The Hall–Kier alpha value is -1.50. The number of para-hydroxylation sites is 1. The van der Waals surface area contributed by atoms with Crippen LogP contribution in [-0.2, 0) is 5.41 Å². The SMILES string of the molecule is CC(C)N1c2ccccc2C(C)(C)C2C=CC=CC21. The molecule has 1 aliphatic heterocycles. The summed E-state index contributed by atoms with van der Waals surface area (Å²) in [7, 11) is 0. The highest BCUT2D eigenvalue weighted by molar-refractivity contribution is 5.63. The quantitative estimate of drug-likeness (QED) is 0.721. The zero-order valence-corrected chi connectivity index (χ0v) is 12.3. The second kappa shape index (κ2) is 4.26. The van der Waals surface area contributed by atoms with Crippen molar-refractivity contribution in [2.24, 2.45) is 5.92 Å². The minimum Gasteiger partial charge on any atom is -0.362 e. The number of hydrogen-bond acceptors (Lipinski definition) is 1. The fraction of sp³-hybridized carbons (Fsp3) is 0.444. The maximum absolute atomic E-state index is 2.57. The van der Waals surface area contributed by atoms with Crippen LogP contribution in [0.3, 0.4) is 0 Å². The van der Waals surface area contributed by atoms with Gasteiger partial charge in [-0.2, -0.15) is 0 Å². The van der Waals surface area contributed by atoms with Gasteiger partial charge in [0, 0.05) is 23.1 Å². The molecule has 1 heterocycles. The van der Waals surface area contributed by atoms with Crippen LogP contribution in [0.1, 0.15) is 33.3 Å². The summed E-state index contributed by atoms with van der Waals surface area (Å²) in [5, 5.41) is 0. The van der Waals surface area contributed by atoms with Gasteiger partial charge in [-0.3, -0.25) is 0 Å². The predicted octanol–water partition coefficient (Wildman–Crippen LogP) is 4.30. The minimum absolute atomic E-state index is 0.188. The Labute approximate surface area is 116 Å². The van der Waals surface area contributed by atoms with Crippen LogP contribution in [0.15, 0.2) is 48.6 Å². The topological polar surface area (TPSA) is 3.24 Å². The third-order valence-electron chi connectivity index (χ3n) is 4.69. The zero-order chi connectivity index (χ0) is 13.6.